The van der Waals surface area contributed by atoms with E-state index < -0.39 is 28.6 Å². The Morgan fingerprint density at radius 3 is 2.16 bits per heavy atom. The van der Waals surface area contributed by atoms with Crippen LogP contribution in [0.5, 0.6) is 0 Å². The highest BCUT2D eigenvalue weighted by atomic mass is 35.5. The van der Waals surface area contributed by atoms with Crippen LogP contribution >= 0.6 is 58.3 Å². The van der Waals surface area contributed by atoms with Crippen molar-refractivity contribution in [2.75, 3.05) is 5.88 Å². The number of hydrogen-bond acceptors (Lipinski definition) is 5. The number of carbonyl (C=O) groups excluding carboxylic acids is 2. The average molecular weight is 455 g/mol. The summed E-state index contributed by atoms with van der Waals surface area (Å²) in [5.74, 6) is 2.47. The van der Waals surface area contributed by atoms with Gasteiger partial charge in [0.1, 0.15) is 4.91 Å². The van der Waals surface area contributed by atoms with Gasteiger partial charge in [0.05, 0.1) is 21.5 Å². The minimum atomic E-state index is -4.91. The zero-order valence-corrected chi connectivity index (χ0v) is 15.5. The van der Waals surface area contributed by atoms with Crippen molar-refractivity contribution in [1.82, 2.24) is 9.43 Å². The molecule has 0 aliphatic carbocycles. The van der Waals surface area contributed by atoms with E-state index in [4.69, 9.17) is 52.4 Å². The van der Waals surface area contributed by atoms with Crippen LogP contribution in [-0.4, -0.2) is 33.3 Å². The van der Waals surface area contributed by atoms with Gasteiger partial charge in [-0.2, -0.15) is 13.2 Å². The van der Waals surface area contributed by atoms with E-state index in [1.165, 1.54) is 12.1 Å². The Morgan fingerprint density at radius 1 is 1.16 bits per heavy atom. The summed E-state index contributed by atoms with van der Waals surface area (Å²) in [5, 5.41) is -0.319. The maximum absolute atomic E-state index is 13.0. The number of hydrogen-bond donors (Lipinski definition) is 1. The first-order valence-corrected chi connectivity index (χ1v) is 8.56. The lowest BCUT2D eigenvalue weighted by atomic mass is 10.2. The van der Waals surface area contributed by atoms with Crippen LogP contribution in [0.2, 0.25) is 15.1 Å². The molecule has 1 heterocycles. The number of benzene rings is 1. The number of thioether (sulfide) groups is 1. The molecule has 1 aromatic rings. The molecule has 2 rings (SSSR count). The van der Waals surface area contributed by atoms with Gasteiger partial charge in [-0.1, -0.05) is 46.6 Å². The van der Waals surface area contributed by atoms with Crippen molar-refractivity contribution in [3.8, 4) is 0 Å². The Bertz CT molecular complexity index is 764. The molecule has 13 heteroatoms. The van der Waals surface area contributed by atoms with Gasteiger partial charge in [-0.25, -0.2) is 10.9 Å². The second-order valence-corrected chi connectivity index (χ2v) is 7.15. The molecule has 0 spiro atoms. The summed E-state index contributed by atoms with van der Waals surface area (Å²) in [5.41, 5.74) is -1.77. The van der Waals surface area contributed by atoms with Crippen LogP contribution in [0, 0.1) is 0 Å². The van der Waals surface area contributed by atoms with Gasteiger partial charge < -0.3 is 0 Å². The largest absolute Gasteiger partial charge is 0.433 e. The standard InChI is InChI=1S/C12H6Cl4F3N3O2S/c13-4-1-5(14)7(6(15)2-4)10(23)22(20)11(24)8-9(12(17,18)19)21(16)3-25-8/h1-2H,3,20H2. The van der Waals surface area contributed by atoms with Crippen LogP contribution in [0.3, 0.4) is 0 Å². The molecule has 0 fully saturated rings. The van der Waals surface area contributed by atoms with E-state index in [1.54, 1.807) is 0 Å². The summed E-state index contributed by atoms with van der Waals surface area (Å²) >= 11 is 23.4. The number of alkyl halides is 3. The first kappa shape index (κ1) is 20.5. The van der Waals surface area contributed by atoms with Crippen molar-refractivity contribution in [1.29, 1.82) is 0 Å². The van der Waals surface area contributed by atoms with E-state index in [9.17, 15) is 22.8 Å². The summed E-state index contributed by atoms with van der Waals surface area (Å²) in [4.78, 5) is 23.8. The van der Waals surface area contributed by atoms with Crippen molar-refractivity contribution < 1.29 is 22.8 Å². The SMILES string of the molecule is NN(C(=O)C1=C(C(F)(F)F)N(Cl)CS1)C(=O)c1c(Cl)cc(Cl)cc1Cl. The molecule has 136 valence electrons. The molecule has 0 saturated heterocycles. The minimum Gasteiger partial charge on any atom is -0.269 e. The zero-order valence-electron chi connectivity index (χ0n) is 11.7. The predicted octanol–water partition coefficient (Wildman–Crippen LogP) is 4.42. The molecule has 0 atom stereocenters. The molecule has 2 N–H and O–H groups in total. The number of carbonyl (C=O) groups is 2. The lowest BCUT2D eigenvalue weighted by Gasteiger charge is -2.19. The van der Waals surface area contributed by atoms with E-state index in [2.05, 4.69) is 0 Å². The maximum Gasteiger partial charge on any atom is 0.433 e. The van der Waals surface area contributed by atoms with Crippen molar-refractivity contribution >= 4 is 70.2 Å². The Kier molecular flexibility index (Phi) is 6.07. The van der Waals surface area contributed by atoms with Crippen LogP contribution in [0.15, 0.2) is 22.7 Å². The quantitative estimate of drug-likeness (QED) is 0.235. The highest BCUT2D eigenvalue weighted by Gasteiger charge is 2.46. The number of allylic oxidation sites excluding steroid dienone is 1. The highest BCUT2D eigenvalue weighted by Crippen LogP contribution is 2.43. The molecule has 0 unspecified atom stereocenters. The monoisotopic (exact) mass is 453 g/mol. The zero-order chi connectivity index (χ0) is 19.1. The number of hydrazine groups is 1. The Hall–Kier alpha value is -0.840. The number of rotatable bonds is 2. The normalized spacial score (nSPS) is 15.0. The second-order valence-electron chi connectivity index (χ2n) is 4.54. The van der Waals surface area contributed by atoms with Gasteiger partial charge in [0.2, 0.25) is 0 Å². The number of imide groups is 1. The lowest BCUT2D eigenvalue weighted by Crippen LogP contribution is -2.43. The third-order valence-corrected chi connectivity index (χ3v) is 5.19. The molecule has 1 aliphatic rings. The van der Waals surface area contributed by atoms with Crippen LogP contribution in [0.25, 0.3) is 0 Å². The fourth-order valence-corrected chi connectivity index (χ4v) is 4.17. The van der Waals surface area contributed by atoms with Gasteiger partial charge in [0.15, 0.2) is 5.70 Å². The molecule has 0 saturated carbocycles. The molecule has 0 aromatic heterocycles. The van der Waals surface area contributed by atoms with Crippen molar-refractivity contribution in [2.24, 2.45) is 5.84 Å². The van der Waals surface area contributed by atoms with E-state index in [0.717, 1.165) is 0 Å². The number of amides is 2. The topological polar surface area (TPSA) is 66.6 Å². The molecule has 0 bridgehead atoms. The second kappa shape index (κ2) is 7.42. The van der Waals surface area contributed by atoms with E-state index in [-0.39, 0.29) is 31.5 Å². The Morgan fingerprint density at radius 2 is 1.68 bits per heavy atom. The smallest absolute Gasteiger partial charge is 0.269 e. The van der Waals surface area contributed by atoms with Gasteiger partial charge in [-0.3, -0.25) is 14.0 Å². The molecule has 0 radical (unpaired) electrons. The lowest BCUT2D eigenvalue weighted by molar-refractivity contribution is -0.126. The van der Waals surface area contributed by atoms with Crippen molar-refractivity contribution in [3.63, 3.8) is 0 Å². The van der Waals surface area contributed by atoms with E-state index in [0.29, 0.717) is 16.2 Å². The summed E-state index contributed by atoms with van der Waals surface area (Å²) < 4.78 is 39.4. The highest BCUT2D eigenvalue weighted by molar-refractivity contribution is 8.04. The summed E-state index contributed by atoms with van der Waals surface area (Å²) in [6, 6.07) is 2.34. The van der Waals surface area contributed by atoms with Gasteiger partial charge in [-0.05, 0) is 12.1 Å². The number of halogens is 7. The summed E-state index contributed by atoms with van der Waals surface area (Å²) in [6.45, 7) is 0. The van der Waals surface area contributed by atoms with Crippen LogP contribution in [0.4, 0.5) is 13.2 Å². The number of nitrogens with two attached hydrogens (primary N) is 1. The molecule has 1 aliphatic heterocycles. The molecule has 5 nitrogen and oxygen atoms in total. The molecular weight excluding hydrogens is 449 g/mol. The van der Waals surface area contributed by atoms with Crippen molar-refractivity contribution in [3.05, 3.63) is 43.4 Å². The van der Waals surface area contributed by atoms with E-state index in [1.807, 2.05) is 0 Å². The third-order valence-electron chi connectivity index (χ3n) is 2.90. The Balaban J connectivity index is 2.41. The van der Waals surface area contributed by atoms with Gasteiger partial charge in [0.25, 0.3) is 11.8 Å². The fourth-order valence-electron chi connectivity index (χ4n) is 1.86. The fraction of sp³-hybridized carbons (Fsp3) is 0.167. The van der Waals surface area contributed by atoms with Gasteiger partial charge >= 0.3 is 6.18 Å². The molecule has 1 aromatic carbocycles. The van der Waals surface area contributed by atoms with Crippen LogP contribution in [-0.2, 0) is 4.79 Å². The third kappa shape index (κ3) is 4.12. The molecule has 2 amide bonds. The maximum atomic E-state index is 13.0. The van der Waals surface area contributed by atoms with Crippen LogP contribution < -0.4 is 5.84 Å². The average Bonchev–Trinajstić information content (AvgIpc) is 2.86. The minimum absolute atomic E-state index is 0.00881. The van der Waals surface area contributed by atoms with Crippen molar-refractivity contribution in [2.45, 2.75) is 6.18 Å². The first-order valence-electron chi connectivity index (χ1n) is 6.10. The summed E-state index contributed by atoms with van der Waals surface area (Å²) in [6.07, 6.45) is -4.91. The predicted molar refractivity (Wildman–Crippen MR) is 90.1 cm³/mol. The van der Waals surface area contributed by atoms with E-state index >= 15 is 0 Å². The van der Waals surface area contributed by atoms with Gasteiger partial charge in [0, 0.05) is 16.8 Å². The molecule has 25 heavy (non-hydrogen) atoms. The first-order chi connectivity index (χ1) is 11.4. The summed E-state index contributed by atoms with van der Waals surface area (Å²) in [7, 11) is 0. The van der Waals surface area contributed by atoms with Gasteiger partial charge in [-0.15, -0.1) is 0 Å². The Labute approximate surface area is 163 Å². The van der Waals surface area contributed by atoms with Crippen LogP contribution in [0.1, 0.15) is 10.4 Å². The number of nitrogens with zero attached hydrogens (tertiary/aromatic N) is 2. The molecular formula is C12H6Cl4F3N3O2S.